The Morgan fingerprint density at radius 3 is 2.84 bits per heavy atom. The van der Waals surface area contributed by atoms with Gasteiger partial charge in [-0.25, -0.2) is 0 Å². The molecule has 0 aromatic carbocycles. The average molecular weight is 300 g/mol. The zero-order valence-electron chi connectivity index (χ0n) is 10.00. The van der Waals surface area contributed by atoms with Crippen molar-refractivity contribution < 1.29 is 9.72 Å². The van der Waals surface area contributed by atoms with Crippen LogP contribution in [0.5, 0.6) is 0 Å². The topological polar surface area (TPSA) is 78.0 Å². The number of nitrogens with zero attached hydrogens (tertiary/aromatic N) is 3. The maximum absolute atomic E-state index is 12.0. The van der Waals surface area contributed by atoms with E-state index in [0.29, 0.717) is 4.88 Å². The highest BCUT2D eigenvalue weighted by Crippen LogP contribution is 2.22. The van der Waals surface area contributed by atoms with Gasteiger partial charge in [0.2, 0.25) is 0 Å². The summed E-state index contributed by atoms with van der Waals surface area (Å²) in [6, 6.07) is 3.65. The lowest BCUT2D eigenvalue weighted by Gasteiger charge is -1.94. The van der Waals surface area contributed by atoms with Crippen LogP contribution in [0.2, 0.25) is 5.02 Å². The number of rotatable bonds is 5. The van der Waals surface area contributed by atoms with Crippen molar-refractivity contribution in [3.05, 3.63) is 43.2 Å². The molecule has 2 aromatic rings. The van der Waals surface area contributed by atoms with Gasteiger partial charge in [-0.3, -0.25) is 4.79 Å². The molecule has 0 radical (unpaired) electrons. The normalized spacial score (nSPS) is 10.6. The second-order valence-corrected chi connectivity index (χ2v) is 5.37. The SMILES string of the molecule is CCc1ccc(C(=O)Cn2cc(Cl)c([N+](=O)[O-])n2)s1. The Morgan fingerprint density at radius 2 is 2.32 bits per heavy atom. The summed E-state index contributed by atoms with van der Waals surface area (Å²) in [6.07, 6.45) is 2.16. The minimum absolute atomic E-state index is 0.0583. The van der Waals surface area contributed by atoms with Crippen LogP contribution in [0.1, 0.15) is 21.5 Å². The first-order valence-corrected chi connectivity index (χ1v) is 6.70. The van der Waals surface area contributed by atoms with Gasteiger partial charge in [-0.1, -0.05) is 18.5 Å². The summed E-state index contributed by atoms with van der Waals surface area (Å²) in [5.41, 5.74) is 0. The molecule has 6 nitrogen and oxygen atoms in total. The third-order valence-electron chi connectivity index (χ3n) is 2.46. The number of thiophene rings is 1. The fourth-order valence-corrected chi connectivity index (χ4v) is 2.63. The first-order chi connectivity index (χ1) is 9.01. The lowest BCUT2D eigenvalue weighted by Crippen LogP contribution is -2.09. The van der Waals surface area contributed by atoms with E-state index in [2.05, 4.69) is 5.10 Å². The Balaban J connectivity index is 2.14. The lowest BCUT2D eigenvalue weighted by molar-refractivity contribution is -0.389. The zero-order chi connectivity index (χ0) is 14.0. The number of nitro groups is 1. The monoisotopic (exact) mass is 299 g/mol. The van der Waals surface area contributed by atoms with Gasteiger partial charge in [-0.05, 0) is 23.5 Å². The molecule has 2 aromatic heterocycles. The van der Waals surface area contributed by atoms with Crippen LogP contribution < -0.4 is 0 Å². The van der Waals surface area contributed by atoms with Gasteiger partial charge in [0, 0.05) is 4.88 Å². The smallest absolute Gasteiger partial charge is 0.358 e. The summed E-state index contributed by atoms with van der Waals surface area (Å²) in [7, 11) is 0. The minimum Gasteiger partial charge on any atom is -0.358 e. The van der Waals surface area contributed by atoms with Gasteiger partial charge in [0.1, 0.15) is 6.54 Å². The van der Waals surface area contributed by atoms with Crippen LogP contribution >= 0.6 is 22.9 Å². The second kappa shape index (κ2) is 5.50. The molecule has 2 rings (SSSR count). The van der Waals surface area contributed by atoms with Crippen LogP contribution in [0.25, 0.3) is 0 Å². The molecule has 0 N–H and O–H groups in total. The molecule has 0 fully saturated rings. The fourth-order valence-electron chi connectivity index (χ4n) is 1.53. The van der Waals surface area contributed by atoms with Gasteiger partial charge < -0.3 is 10.1 Å². The number of carbonyl (C=O) groups is 1. The third-order valence-corrected chi connectivity index (χ3v) is 4.00. The first kappa shape index (κ1) is 13.7. The van der Waals surface area contributed by atoms with E-state index in [-0.39, 0.29) is 17.4 Å². The molecule has 100 valence electrons. The summed E-state index contributed by atoms with van der Waals surface area (Å²) in [5, 5.41) is 14.2. The molecule has 0 saturated heterocycles. The van der Waals surface area contributed by atoms with E-state index in [4.69, 9.17) is 11.6 Å². The van der Waals surface area contributed by atoms with Gasteiger partial charge in [-0.2, -0.15) is 4.68 Å². The predicted octanol–water partition coefficient (Wildman–Crippen LogP) is 2.95. The number of Topliss-reactive ketones (excluding diaryl/α,β-unsaturated/α-hetero) is 1. The van der Waals surface area contributed by atoms with Crippen molar-refractivity contribution in [2.75, 3.05) is 0 Å². The van der Waals surface area contributed by atoms with Gasteiger partial charge in [-0.15, -0.1) is 11.3 Å². The Hall–Kier alpha value is -1.73. The molecule has 0 bridgehead atoms. The third kappa shape index (κ3) is 2.99. The van der Waals surface area contributed by atoms with Crippen molar-refractivity contribution in [2.45, 2.75) is 19.9 Å². The number of hydrogen-bond donors (Lipinski definition) is 0. The number of hydrogen-bond acceptors (Lipinski definition) is 5. The highest BCUT2D eigenvalue weighted by molar-refractivity contribution is 7.14. The maximum Gasteiger partial charge on any atom is 0.408 e. The highest BCUT2D eigenvalue weighted by atomic mass is 35.5. The molecule has 19 heavy (non-hydrogen) atoms. The molecule has 0 spiro atoms. The van der Waals surface area contributed by atoms with E-state index in [9.17, 15) is 14.9 Å². The average Bonchev–Trinajstić information content (AvgIpc) is 2.95. The van der Waals surface area contributed by atoms with Crippen molar-refractivity contribution >= 4 is 34.5 Å². The molecule has 0 aliphatic rings. The molecule has 0 aliphatic heterocycles. The summed E-state index contributed by atoms with van der Waals surface area (Å²) in [5.74, 6) is -0.575. The number of carbonyl (C=O) groups excluding carboxylic acids is 1. The van der Waals surface area contributed by atoms with Gasteiger partial charge in [0.25, 0.3) is 0 Å². The van der Waals surface area contributed by atoms with Crippen molar-refractivity contribution in [2.24, 2.45) is 0 Å². The quantitative estimate of drug-likeness (QED) is 0.483. The fraction of sp³-hybridized carbons (Fsp3) is 0.273. The Morgan fingerprint density at radius 1 is 1.58 bits per heavy atom. The van der Waals surface area contributed by atoms with Crippen LogP contribution in [0.4, 0.5) is 5.82 Å². The molecule has 0 aliphatic carbocycles. The van der Waals surface area contributed by atoms with Crippen LogP contribution in [0, 0.1) is 10.1 Å². The van der Waals surface area contributed by atoms with E-state index in [1.807, 2.05) is 13.0 Å². The standard InChI is InChI=1S/C11H10ClN3O3S/c1-2-7-3-4-10(19-7)9(16)6-14-5-8(12)11(13-14)15(17)18/h3-5H,2,6H2,1H3. The first-order valence-electron chi connectivity index (χ1n) is 5.50. The van der Waals surface area contributed by atoms with E-state index < -0.39 is 10.7 Å². The molecule has 0 unspecified atom stereocenters. The Bertz CT molecular complexity index is 635. The van der Waals surface area contributed by atoms with E-state index >= 15 is 0 Å². The molecule has 0 atom stereocenters. The van der Waals surface area contributed by atoms with Crippen molar-refractivity contribution in [1.29, 1.82) is 0 Å². The molecule has 0 amide bonds. The predicted molar refractivity (Wildman–Crippen MR) is 71.9 cm³/mol. The van der Waals surface area contributed by atoms with Gasteiger partial charge in [0.05, 0.1) is 16.2 Å². The number of aromatic nitrogens is 2. The summed E-state index contributed by atoms with van der Waals surface area (Å²) < 4.78 is 1.19. The summed E-state index contributed by atoms with van der Waals surface area (Å²) in [4.78, 5) is 23.6. The van der Waals surface area contributed by atoms with E-state index in [1.165, 1.54) is 22.2 Å². The highest BCUT2D eigenvalue weighted by Gasteiger charge is 2.21. The van der Waals surface area contributed by atoms with Gasteiger partial charge in [0.15, 0.2) is 10.8 Å². The number of halogens is 1. The summed E-state index contributed by atoms with van der Waals surface area (Å²) >= 11 is 7.08. The molecule has 8 heteroatoms. The Kier molecular flexibility index (Phi) is 3.96. The second-order valence-electron chi connectivity index (χ2n) is 3.80. The van der Waals surface area contributed by atoms with Crippen molar-refractivity contribution in [1.82, 2.24) is 9.78 Å². The summed E-state index contributed by atoms with van der Waals surface area (Å²) in [6.45, 7) is 1.95. The van der Waals surface area contributed by atoms with Crippen molar-refractivity contribution in [3.8, 4) is 0 Å². The van der Waals surface area contributed by atoms with Crippen LogP contribution in [0.15, 0.2) is 18.3 Å². The number of aryl methyl sites for hydroxylation is 1. The minimum atomic E-state index is -0.677. The molecular formula is C11H10ClN3O3S. The maximum atomic E-state index is 12.0. The van der Waals surface area contributed by atoms with Gasteiger partial charge >= 0.3 is 5.82 Å². The molecule has 2 heterocycles. The van der Waals surface area contributed by atoms with E-state index in [0.717, 1.165) is 11.3 Å². The number of ketones is 1. The Labute approximate surface area is 117 Å². The molecular weight excluding hydrogens is 290 g/mol. The van der Waals surface area contributed by atoms with Crippen LogP contribution in [-0.4, -0.2) is 20.5 Å². The molecule has 0 saturated carbocycles. The van der Waals surface area contributed by atoms with Crippen LogP contribution in [0.3, 0.4) is 0 Å². The largest absolute Gasteiger partial charge is 0.408 e. The zero-order valence-corrected chi connectivity index (χ0v) is 11.6. The lowest BCUT2D eigenvalue weighted by atomic mass is 10.3. The van der Waals surface area contributed by atoms with Crippen molar-refractivity contribution in [3.63, 3.8) is 0 Å². The van der Waals surface area contributed by atoms with Crippen LogP contribution in [-0.2, 0) is 13.0 Å². The van der Waals surface area contributed by atoms with E-state index in [1.54, 1.807) is 6.07 Å².